The van der Waals surface area contributed by atoms with Gasteiger partial charge in [-0.3, -0.25) is 0 Å². The summed E-state index contributed by atoms with van der Waals surface area (Å²) >= 11 is 0. The predicted molar refractivity (Wildman–Crippen MR) is 83.3 cm³/mol. The van der Waals surface area contributed by atoms with E-state index < -0.39 is 11.8 Å². The third-order valence-electron chi connectivity index (χ3n) is 3.20. The highest BCUT2D eigenvalue weighted by Crippen LogP contribution is 2.22. The highest BCUT2D eigenvalue weighted by molar-refractivity contribution is 5.78. The van der Waals surface area contributed by atoms with E-state index in [-0.39, 0.29) is 6.01 Å². The minimum Gasteiger partial charge on any atom is -0.475 e. The van der Waals surface area contributed by atoms with Gasteiger partial charge in [0.15, 0.2) is 0 Å². The predicted octanol–water partition coefficient (Wildman–Crippen LogP) is 2.89. The normalized spacial score (nSPS) is 13.3. The number of nitrogens with zero attached hydrogens (tertiary/aromatic N) is 2. The summed E-state index contributed by atoms with van der Waals surface area (Å²) in [6, 6.07) is 15.9. The molecular formula is C17H14N2O4. The van der Waals surface area contributed by atoms with E-state index in [0.29, 0.717) is 11.3 Å². The monoisotopic (exact) mass is 310 g/mol. The number of benzene rings is 2. The highest BCUT2D eigenvalue weighted by Gasteiger charge is 2.39. The van der Waals surface area contributed by atoms with Gasteiger partial charge in [0.05, 0.1) is 5.52 Å². The lowest BCUT2D eigenvalue weighted by atomic mass is 10.2. The van der Waals surface area contributed by atoms with E-state index in [2.05, 4.69) is 9.97 Å². The third-order valence-corrected chi connectivity index (χ3v) is 3.20. The molecule has 3 rings (SSSR count). The van der Waals surface area contributed by atoms with Crippen molar-refractivity contribution in [2.45, 2.75) is 12.7 Å². The first-order chi connectivity index (χ1) is 11.1. The first kappa shape index (κ1) is 14.8. The average Bonchev–Trinajstić information content (AvgIpc) is 2.55. The fraction of sp³-hybridized carbons (Fsp3) is 0.118. The van der Waals surface area contributed by atoms with Crippen LogP contribution in [0.2, 0.25) is 0 Å². The van der Waals surface area contributed by atoms with Crippen molar-refractivity contribution < 1.29 is 19.4 Å². The number of hydrogen-bond acceptors (Lipinski definition) is 5. The molecule has 0 aliphatic rings. The number of aromatic nitrogens is 2. The molecule has 6 heteroatoms. The van der Waals surface area contributed by atoms with Gasteiger partial charge in [0.25, 0.3) is 0 Å². The molecule has 0 radical (unpaired) electrons. The third kappa shape index (κ3) is 3.21. The van der Waals surface area contributed by atoms with Crippen LogP contribution in [-0.4, -0.2) is 26.8 Å². The van der Waals surface area contributed by atoms with E-state index in [9.17, 15) is 9.90 Å². The van der Waals surface area contributed by atoms with Gasteiger partial charge in [-0.2, -0.15) is 4.98 Å². The lowest BCUT2D eigenvalue weighted by Gasteiger charge is -2.25. The van der Waals surface area contributed by atoms with E-state index in [0.717, 1.165) is 5.39 Å². The number of fused-ring (bicyclic) bond motifs is 1. The second kappa shape index (κ2) is 5.92. The molecule has 1 heterocycles. The highest BCUT2D eigenvalue weighted by atomic mass is 16.7. The Hall–Kier alpha value is -3.15. The van der Waals surface area contributed by atoms with Crippen molar-refractivity contribution >= 4 is 16.9 Å². The molecule has 6 nitrogen and oxygen atoms in total. The second-order valence-corrected chi connectivity index (χ2v) is 4.98. The lowest BCUT2D eigenvalue weighted by Crippen LogP contribution is -2.47. The first-order valence-corrected chi connectivity index (χ1v) is 6.95. The van der Waals surface area contributed by atoms with Gasteiger partial charge in [-0.05, 0) is 18.2 Å². The lowest BCUT2D eigenvalue weighted by molar-refractivity contribution is -0.182. The number of carboxylic acid groups (broad SMARTS) is 1. The van der Waals surface area contributed by atoms with Crippen LogP contribution in [0.1, 0.15) is 6.92 Å². The van der Waals surface area contributed by atoms with Gasteiger partial charge in [0.1, 0.15) is 5.75 Å². The molecule has 0 aliphatic heterocycles. The molecule has 0 bridgehead atoms. The molecular weight excluding hydrogens is 296 g/mol. The average molecular weight is 310 g/mol. The Bertz CT molecular complexity index is 838. The van der Waals surface area contributed by atoms with Crippen LogP contribution in [0.15, 0.2) is 60.8 Å². The summed E-state index contributed by atoms with van der Waals surface area (Å²) in [5.74, 6) is -2.85. The van der Waals surface area contributed by atoms with E-state index in [4.69, 9.17) is 9.47 Å². The number of carbonyl (C=O) groups is 1. The largest absolute Gasteiger partial charge is 0.475 e. The maximum Gasteiger partial charge on any atom is 0.390 e. The van der Waals surface area contributed by atoms with Crippen LogP contribution in [0.3, 0.4) is 0 Å². The number of aliphatic carboxylic acids is 1. The Labute approximate surface area is 132 Å². The molecule has 1 N–H and O–H groups in total. The zero-order valence-corrected chi connectivity index (χ0v) is 12.3. The van der Waals surface area contributed by atoms with Crippen LogP contribution in [0, 0.1) is 0 Å². The zero-order chi connectivity index (χ0) is 16.3. The van der Waals surface area contributed by atoms with Crippen LogP contribution >= 0.6 is 0 Å². The number of hydrogen-bond donors (Lipinski definition) is 1. The number of para-hydroxylation sites is 2. The number of rotatable bonds is 5. The van der Waals surface area contributed by atoms with E-state index >= 15 is 0 Å². The van der Waals surface area contributed by atoms with Crippen LogP contribution in [0.5, 0.6) is 11.8 Å². The summed E-state index contributed by atoms with van der Waals surface area (Å²) in [4.78, 5) is 19.8. The Morgan fingerprint density at radius 2 is 1.74 bits per heavy atom. The van der Waals surface area contributed by atoms with Crippen molar-refractivity contribution in [3.63, 3.8) is 0 Å². The van der Waals surface area contributed by atoms with E-state index in [1.54, 1.807) is 42.6 Å². The molecule has 1 atom stereocenters. The zero-order valence-electron chi connectivity index (χ0n) is 12.3. The minimum atomic E-state index is -1.94. The van der Waals surface area contributed by atoms with Crippen LogP contribution < -0.4 is 9.47 Å². The summed E-state index contributed by atoms with van der Waals surface area (Å²) in [6.45, 7) is 1.31. The van der Waals surface area contributed by atoms with Crippen molar-refractivity contribution in [3.8, 4) is 11.8 Å². The first-order valence-electron chi connectivity index (χ1n) is 6.95. The molecule has 0 saturated carbocycles. The Morgan fingerprint density at radius 1 is 1.04 bits per heavy atom. The summed E-state index contributed by atoms with van der Waals surface area (Å²) in [5.41, 5.74) is 0.657. The van der Waals surface area contributed by atoms with Gasteiger partial charge < -0.3 is 14.6 Å². The molecule has 116 valence electrons. The molecule has 0 fully saturated rings. The quantitative estimate of drug-likeness (QED) is 0.730. The van der Waals surface area contributed by atoms with Crippen molar-refractivity contribution in [2.75, 3.05) is 0 Å². The van der Waals surface area contributed by atoms with Gasteiger partial charge >= 0.3 is 17.8 Å². The van der Waals surface area contributed by atoms with E-state index in [1.807, 2.05) is 18.2 Å². The van der Waals surface area contributed by atoms with Crippen LogP contribution in [0.25, 0.3) is 10.9 Å². The SMILES string of the molecule is CC(Oc1ccccc1)(Oc1ncc2ccccc2n1)C(=O)O. The van der Waals surface area contributed by atoms with Crippen LogP contribution in [-0.2, 0) is 4.79 Å². The number of carboxylic acids is 1. The van der Waals surface area contributed by atoms with E-state index in [1.165, 1.54) is 6.92 Å². The summed E-state index contributed by atoms with van der Waals surface area (Å²) in [5, 5.41) is 10.3. The molecule has 1 unspecified atom stereocenters. The molecule has 0 aliphatic carbocycles. The van der Waals surface area contributed by atoms with Crippen molar-refractivity contribution in [3.05, 3.63) is 60.8 Å². The van der Waals surface area contributed by atoms with Gasteiger partial charge in [-0.15, -0.1) is 0 Å². The summed E-state index contributed by atoms with van der Waals surface area (Å²) < 4.78 is 10.9. The van der Waals surface area contributed by atoms with Gasteiger partial charge in [0.2, 0.25) is 0 Å². The molecule has 1 aromatic heterocycles. The van der Waals surface area contributed by atoms with Crippen molar-refractivity contribution in [2.24, 2.45) is 0 Å². The Morgan fingerprint density at radius 3 is 2.48 bits per heavy atom. The topological polar surface area (TPSA) is 81.5 Å². The molecule has 0 saturated heterocycles. The standard InChI is InChI=1S/C17H14N2O4/c1-17(15(20)21,22-13-8-3-2-4-9-13)23-16-18-11-12-7-5-6-10-14(12)19-16/h2-11H,1H3,(H,20,21). The van der Waals surface area contributed by atoms with Gasteiger partial charge in [-0.25, -0.2) is 9.78 Å². The number of ether oxygens (including phenoxy) is 2. The molecule has 0 amide bonds. The van der Waals surface area contributed by atoms with Crippen LogP contribution in [0.4, 0.5) is 0 Å². The molecule has 0 spiro atoms. The smallest absolute Gasteiger partial charge is 0.390 e. The maximum absolute atomic E-state index is 11.6. The summed E-state index contributed by atoms with van der Waals surface area (Å²) in [7, 11) is 0. The van der Waals surface area contributed by atoms with Gasteiger partial charge in [-0.1, -0.05) is 36.4 Å². The molecule has 3 aromatic rings. The second-order valence-electron chi connectivity index (χ2n) is 4.98. The fourth-order valence-corrected chi connectivity index (χ4v) is 2.00. The van der Waals surface area contributed by atoms with Gasteiger partial charge in [0, 0.05) is 18.5 Å². The minimum absolute atomic E-state index is 0.0652. The molecule has 23 heavy (non-hydrogen) atoms. The Balaban J connectivity index is 1.90. The van der Waals surface area contributed by atoms with Crippen molar-refractivity contribution in [1.82, 2.24) is 9.97 Å². The molecule has 2 aromatic carbocycles. The maximum atomic E-state index is 11.6. The summed E-state index contributed by atoms with van der Waals surface area (Å²) in [6.07, 6.45) is 1.57. The Kier molecular flexibility index (Phi) is 3.80. The van der Waals surface area contributed by atoms with Crippen molar-refractivity contribution in [1.29, 1.82) is 0 Å². The fourth-order valence-electron chi connectivity index (χ4n) is 2.00.